The molecule has 1 aromatic heterocycles. The molecule has 5 nitrogen and oxygen atoms in total. The standard InChI is InChI=1S/C12H12FN3O2S3/c13-8-2-1-3-9(11(8)12(14)19)21(17,18)16-5-4-10-15-6-7-20-10/h1-3,6-7,16H,4-5H2,(H2,14,19). The highest BCUT2D eigenvalue weighted by atomic mass is 32.2. The van der Waals surface area contributed by atoms with Gasteiger partial charge < -0.3 is 5.73 Å². The van der Waals surface area contributed by atoms with Crippen LogP contribution in [0.25, 0.3) is 0 Å². The summed E-state index contributed by atoms with van der Waals surface area (Å²) in [5.41, 5.74) is 5.14. The summed E-state index contributed by atoms with van der Waals surface area (Å²) in [4.78, 5) is 3.50. The van der Waals surface area contributed by atoms with Crippen LogP contribution in [-0.2, 0) is 16.4 Å². The average Bonchev–Trinajstić information content (AvgIpc) is 2.91. The number of hydrogen-bond acceptors (Lipinski definition) is 5. The molecule has 0 radical (unpaired) electrons. The van der Waals surface area contributed by atoms with Gasteiger partial charge in [0.15, 0.2) is 0 Å². The second-order valence-corrected chi connectivity index (χ2v) is 7.21. The number of halogens is 1. The van der Waals surface area contributed by atoms with Gasteiger partial charge in [0.25, 0.3) is 0 Å². The largest absolute Gasteiger partial charge is 0.389 e. The number of hydrogen-bond donors (Lipinski definition) is 2. The predicted octanol–water partition coefficient (Wildman–Crippen LogP) is 1.44. The third-order valence-corrected chi connectivity index (χ3v) is 5.17. The highest BCUT2D eigenvalue weighted by Crippen LogP contribution is 2.18. The quantitative estimate of drug-likeness (QED) is 0.774. The Labute approximate surface area is 131 Å². The van der Waals surface area contributed by atoms with Crippen molar-refractivity contribution in [2.75, 3.05) is 6.54 Å². The first kappa shape index (κ1) is 16.0. The maximum atomic E-state index is 13.7. The summed E-state index contributed by atoms with van der Waals surface area (Å²) >= 11 is 6.15. The Morgan fingerprint density at radius 1 is 1.48 bits per heavy atom. The minimum atomic E-state index is -3.89. The number of nitrogens with zero attached hydrogens (tertiary/aromatic N) is 1. The van der Waals surface area contributed by atoms with Crippen molar-refractivity contribution in [3.05, 3.63) is 46.2 Å². The third kappa shape index (κ3) is 3.82. The summed E-state index contributed by atoms with van der Waals surface area (Å²) in [5, 5.41) is 2.62. The molecule has 0 saturated carbocycles. The molecular weight excluding hydrogens is 333 g/mol. The number of nitrogens with one attached hydrogen (secondary N) is 1. The lowest BCUT2D eigenvalue weighted by molar-refractivity contribution is 0.577. The Balaban J connectivity index is 2.20. The van der Waals surface area contributed by atoms with E-state index >= 15 is 0 Å². The molecule has 0 aliphatic heterocycles. The van der Waals surface area contributed by atoms with Gasteiger partial charge in [0.2, 0.25) is 10.0 Å². The Morgan fingerprint density at radius 3 is 2.86 bits per heavy atom. The maximum absolute atomic E-state index is 13.7. The minimum absolute atomic E-state index is 0.156. The van der Waals surface area contributed by atoms with E-state index in [9.17, 15) is 12.8 Å². The second-order valence-electron chi connectivity index (χ2n) is 4.05. The molecule has 0 aliphatic carbocycles. The highest BCUT2D eigenvalue weighted by molar-refractivity contribution is 7.89. The predicted molar refractivity (Wildman–Crippen MR) is 83.3 cm³/mol. The number of sulfonamides is 1. The first-order valence-corrected chi connectivity index (χ1v) is 8.65. The fourth-order valence-electron chi connectivity index (χ4n) is 1.71. The van der Waals surface area contributed by atoms with E-state index < -0.39 is 15.8 Å². The van der Waals surface area contributed by atoms with Gasteiger partial charge in [0, 0.05) is 24.5 Å². The lowest BCUT2D eigenvalue weighted by Crippen LogP contribution is -2.29. The molecule has 9 heteroatoms. The van der Waals surface area contributed by atoms with Crippen LogP contribution in [0.15, 0.2) is 34.7 Å². The summed E-state index contributed by atoms with van der Waals surface area (Å²) in [6.07, 6.45) is 2.10. The van der Waals surface area contributed by atoms with Crippen molar-refractivity contribution in [1.82, 2.24) is 9.71 Å². The van der Waals surface area contributed by atoms with E-state index in [-0.39, 0.29) is 22.0 Å². The summed E-state index contributed by atoms with van der Waals surface area (Å²) in [6, 6.07) is 3.68. The van der Waals surface area contributed by atoms with Crippen LogP contribution in [0.3, 0.4) is 0 Å². The molecule has 0 spiro atoms. The molecule has 2 aromatic rings. The van der Waals surface area contributed by atoms with E-state index in [4.69, 9.17) is 18.0 Å². The van der Waals surface area contributed by atoms with Crippen LogP contribution < -0.4 is 10.5 Å². The molecule has 21 heavy (non-hydrogen) atoms. The van der Waals surface area contributed by atoms with Crippen molar-refractivity contribution >= 4 is 38.6 Å². The Bertz CT molecular complexity index is 745. The van der Waals surface area contributed by atoms with Gasteiger partial charge in [-0.1, -0.05) is 18.3 Å². The van der Waals surface area contributed by atoms with Crippen LogP contribution in [0, 0.1) is 5.82 Å². The van der Waals surface area contributed by atoms with Crippen LogP contribution in [0.2, 0.25) is 0 Å². The van der Waals surface area contributed by atoms with Crippen LogP contribution >= 0.6 is 23.6 Å². The van der Waals surface area contributed by atoms with E-state index in [1.165, 1.54) is 23.5 Å². The number of thiazole rings is 1. The molecule has 0 amide bonds. The Kier molecular flexibility index (Phi) is 4.99. The summed E-state index contributed by atoms with van der Waals surface area (Å²) < 4.78 is 40.6. The van der Waals surface area contributed by atoms with Crippen molar-refractivity contribution < 1.29 is 12.8 Å². The first-order valence-electron chi connectivity index (χ1n) is 5.88. The molecular formula is C12H12FN3O2S3. The molecule has 3 N–H and O–H groups in total. The number of rotatable bonds is 6. The smallest absolute Gasteiger partial charge is 0.241 e. The van der Waals surface area contributed by atoms with Crippen LogP contribution in [-0.4, -0.2) is 24.9 Å². The van der Waals surface area contributed by atoms with Gasteiger partial charge in [-0.05, 0) is 12.1 Å². The van der Waals surface area contributed by atoms with Crippen molar-refractivity contribution in [2.45, 2.75) is 11.3 Å². The van der Waals surface area contributed by atoms with Gasteiger partial charge in [-0.2, -0.15) is 0 Å². The van der Waals surface area contributed by atoms with Crippen molar-refractivity contribution in [2.24, 2.45) is 5.73 Å². The van der Waals surface area contributed by atoms with E-state index in [0.717, 1.165) is 11.1 Å². The fraction of sp³-hybridized carbons (Fsp3) is 0.167. The molecule has 0 atom stereocenters. The molecule has 0 fully saturated rings. The van der Waals surface area contributed by atoms with Gasteiger partial charge in [0.05, 0.1) is 15.5 Å². The molecule has 0 saturated heterocycles. The van der Waals surface area contributed by atoms with Gasteiger partial charge in [-0.15, -0.1) is 11.3 Å². The van der Waals surface area contributed by atoms with Crippen molar-refractivity contribution in [3.8, 4) is 0 Å². The lowest BCUT2D eigenvalue weighted by atomic mass is 10.2. The normalized spacial score (nSPS) is 11.5. The van der Waals surface area contributed by atoms with Gasteiger partial charge in [0.1, 0.15) is 10.8 Å². The SMILES string of the molecule is NC(=S)c1c(F)cccc1S(=O)(=O)NCCc1nccs1. The van der Waals surface area contributed by atoms with E-state index in [0.29, 0.717) is 6.42 Å². The number of aromatic nitrogens is 1. The van der Waals surface area contributed by atoms with Crippen LogP contribution in [0.5, 0.6) is 0 Å². The summed E-state index contributed by atoms with van der Waals surface area (Å²) in [7, 11) is -3.89. The number of nitrogens with two attached hydrogens (primary N) is 1. The first-order chi connectivity index (χ1) is 9.92. The van der Waals surface area contributed by atoms with E-state index in [1.54, 1.807) is 11.6 Å². The average molecular weight is 345 g/mol. The number of thiocarbonyl (C=S) groups is 1. The monoisotopic (exact) mass is 345 g/mol. The number of benzene rings is 1. The van der Waals surface area contributed by atoms with Crippen molar-refractivity contribution in [1.29, 1.82) is 0 Å². The molecule has 1 aromatic carbocycles. The molecule has 1 heterocycles. The Hall–Kier alpha value is -1.42. The molecule has 2 rings (SSSR count). The zero-order valence-corrected chi connectivity index (χ0v) is 13.2. The van der Waals surface area contributed by atoms with Crippen molar-refractivity contribution in [3.63, 3.8) is 0 Å². The van der Waals surface area contributed by atoms with Gasteiger partial charge in [-0.3, -0.25) is 0 Å². The van der Waals surface area contributed by atoms with Crippen LogP contribution in [0.4, 0.5) is 4.39 Å². The minimum Gasteiger partial charge on any atom is -0.389 e. The molecule has 0 aliphatic rings. The van der Waals surface area contributed by atoms with Gasteiger partial charge in [-0.25, -0.2) is 22.5 Å². The topological polar surface area (TPSA) is 85.1 Å². The maximum Gasteiger partial charge on any atom is 0.241 e. The van der Waals surface area contributed by atoms with E-state index in [1.807, 2.05) is 0 Å². The summed E-state index contributed by atoms with van der Waals surface area (Å²) in [6.45, 7) is 0.156. The van der Waals surface area contributed by atoms with Crippen LogP contribution in [0.1, 0.15) is 10.6 Å². The highest BCUT2D eigenvalue weighted by Gasteiger charge is 2.22. The zero-order valence-electron chi connectivity index (χ0n) is 10.7. The third-order valence-electron chi connectivity index (χ3n) is 2.63. The second kappa shape index (κ2) is 6.56. The lowest BCUT2D eigenvalue weighted by Gasteiger charge is -2.11. The van der Waals surface area contributed by atoms with Gasteiger partial charge >= 0.3 is 0 Å². The van der Waals surface area contributed by atoms with E-state index in [2.05, 4.69) is 9.71 Å². The summed E-state index contributed by atoms with van der Waals surface area (Å²) in [5.74, 6) is -0.759. The zero-order chi connectivity index (χ0) is 15.5. The molecule has 0 unspecified atom stereocenters. The Morgan fingerprint density at radius 2 is 2.24 bits per heavy atom. The molecule has 0 bridgehead atoms. The fourth-order valence-corrected chi connectivity index (χ4v) is 3.87. The molecule has 112 valence electrons.